The van der Waals surface area contributed by atoms with E-state index in [0.29, 0.717) is 5.56 Å². The molecule has 7 heteroatoms. The summed E-state index contributed by atoms with van der Waals surface area (Å²) in [6.07, 6.45) is 1.58. The van der Waals surface area contributed by atoms with Crippen LogP contribution in [0.15, 0.2) is 23.1 Å². The van der Waals surface area contributed by atoms with E-state index >= 15 is 0 Å². The van der Waals surface area contributed by atoms with Gasteiger partial charge in [-0.25, -0.2) is 17.9 Å². The zero-order valence-corrected chi connectivity index (χ0v) is 11.9. The number of aromatic carboxylic acids is 1. The zero-order valence-electron chi connectivity index (χ0n) is 11.1. The van der Waals surface area contributed by atoms with Gasteiger partial charge in [0, 0.05) is 18.6 Å². The van der Waals surface area contributed by atoms with Gasteiger partial charge in [-0.2, -0.15) is 0 Å². The average molecular weight is 299 g/mol. The lowest BCUT2D eigenvalue weighted by Crippen LogP contribution is -2.32. The lowest BCUT2D eigenvalue weighted by atomic mass is 10.1. The summed E-state index contributed by atoms with van der Waals surface area (Å²) in [4.78, 5) is 10.9. The van der Waals surface area contributed by atoms with E-state index in [1.54, 1.807) is 6.92 Å². The van der Waals surface area contributed by atoms with Gasteiger partial charge in [0.1, 0.15) is 0 Å². The second-order valence-corrected chi connectivity index (χ2v) is 7.00. The monoisotopic (exact) mass is 299 g/mol. The van der Waals surface area contributed by atoms with Crippen LogP contribution < -0.4 is 4.72 Å². The minimum Gasteiger partial charge on any atom is -0.478 e. The highest BCUT2D eigenvalue weighted by Gasteiger charge is 2.42. The molecule has 6 nitrogen and oxygen atoms in total. The highest BCUT2D eigenvalue weighted by molar-refractivity contribution is 7.89. The summed E-state index contributed by atoms with van der Waals surface area (Å²) in [5.41, 5.74) is 0.0707. The van der Waals surface area contributed by atoms with Crippen molar-refractivity contribution >= 4 is 16.0 Å². The van der Waals surface area contributed by atoms with Gasteiger partial charge >= 0.3 is 5.97 Å². The number of carboxylic acids is 1. The number of aliphatic hydroxyl groups is 1. The van der Waals surface area contributed by atoms with Crippen molar-refractivity contribution in [1.82, 2.24) is 4.72 Å². The van der Waals surface area contributed by atoms with Crippen LogP contribution in [0.3, 0.4) is 0 Å². The first kappa shape index (κ1) is 15.0. The molecule has 110 valence electrons. The van der Waals surface area contributed by atoms with Crippen LogP contribution in [0.1, 0.15) is 28.8 Å². The Labute approximate surface area is 117 Å². The van der Waals surface area contributed by atoms with Gasteiger partial charge in [-0.1, -0.05) is 6.07 Å². The Morgan fingerprint density at radius 1 is 1.40 bits per heavy atom. The lowest BCUT2D eigenvalue weighted by Gasteiger charge is -2.14. The topological polar surface area (TPSA) is 104 Å². The van der Waals surface area contributed by atoms with Gasteiger partial charge in [-0.05, 0) is 37.5 Å². The third kappa shape index (κ3) is 3.00. The number of rotatable bonds is 6. The van der Waals surface area contributed by atoms with Crippen LogP contribution in [0.5, 0.6) is 0 Å². The Balaban J connectivity index is 2.24. The Morgan fingerprint density at radius 2 is 2.05 bits per heavy atom. The molecular formula is C13H17NO5S. The number of hydrogen-bond donors (Lipinski definition) is 3. The molecule has 0 heterocycles. The molecule has 0 aliphatic heterocycles. The number of aliphatic hydroxyl groups excluding tert-OH is 1. The van der Waals surface area contributed by atoms with E-state index in [2.05, 4.69) is 4.72 Å². The highest BCUT2D eigenvalue weighted by atomic mass is 32.2. The van der Waals surface area contributed by atoms with E-state index in [1.165, 1.54) is 12.1 Å². The molecule has 1 aliphatic rings. The molecular weight excluding hydrogens is 282 g/mol. The van der Waals surface area contributed by atoms with E-state index in [9.17, 15) is 18.3 Å². The minimum atomic E-state index is -3.77. The quantitative estimate of drug-likeness (QED) is 0.719. The van der Waals surface area contributed by atoms with Crippen molar-refractivity contribution in [3.63, 3.8) is 0 Å². The fourth-order valence-corrected chi connectivity index (χ4v) is 3.34. The molecule has 1 aliphatic carbocycles. The summed E-state index contributed by atoms with van der Waals surface area (Å²) in [5.74, 6) is -1.17. The normalized spacial score (nSPS) is 16.9. The summed E-state index contributed by atoms with van der Waals surface area (Å²) in [6, 6.07) is 3.99. The van der Waals surface area contributed by atoms with Crippen LogP contribution in [0.2, 0.25) is 0 Å². The van der Waals surface area contributed by atoms with Gasteiger partial charge in [-0.15, -0.1) is 0 Å². The van der Waals surface area contributed by atoms with Crippen LogP contribution in [-0.2, 0) is 10.0 Å². The van der Waals surface area contributed by atoms with E-state index in [1.807, 2.05) is 0 Å². The Hall–Kier alpha value is -1.44. The maximum atomic E-state index is 12.2. The number of carboxylic acid groups (broad SMARTS) is 1. The maximum absolute atomic E-state index is 12.2. The largest absolute Gasteiger partial charge is 0.478 e. The summed E-state index contributed by atoms with van der Waals surface area (Å²) < 4.78 is 26.9. The predicted octanol–water partition coefficient (Wildman–Crippen LogP) is 0.744. The Morgan fingerprint density at radius 3 is 2.55 bits per heavy atom. The van der Waals surface area contributed by atoms with Crippen molar-refractivity contribution in [3.8, 4) is 0 Å². The number of aryl methyl sites for hydroxylation is 1. The second kappa shape index (κ2) is 5.16. The summed E-state index contributed by atoms with van der Waals surface area (Å²) in [7, 11) is -3.77. The van der Waals surface area contributed by atoms with Crippen molar-refractivity contribution in [2.24, 2.45) is 5.41 Å². The van der Waals surface area contributed by atoms with E-state index in [0.717, 1.165) is 18.9 Å². The third-order valence-corrected chi connectivity index (χ3v) is 5.20. The SMILES string of the molecule is Cc1ccc(C(=O)O)cc1S(=O)(=O)NCC1(CO)CC1. The number of sulfonamides is 1. The smallest absolute Gasteiger partial charge is 0.335 e. The standard InChI is InChI=1S/C13H17NO5S/c1-9-2-3-10(12(16)17)6-11(9)20(18,19)14-7-13(8-15)4-5-13/h2-3,6,14-15H,4-5,7-8H2,1H3,(H,16,17). The number of hydrogen-bond acceptors (Lipinski definition) is 4. The van der Waals surface area contributed by atoms with Gasteiger partial charge in [0.25, 0.3) is 0 Å². The lowest BCUT2D eigenvalue weighted by molar-refractivity contribution is 0.0696. The van der Waals surface area contributed by atoms with Gasteiger partial charge < -0.3 is 10.2 Å². The van der Waals surface area contributed by atoms with Crippen LogP contribution in [0, 0.1) is 12.3 Å². The third-order valence-electron chi connectivity index (χ3n) is 3.65. The molecule has 0 aromatic heterocycles. The first-order valence-corrected chi connectivity index (χ1v) is 7.72. The predicted molar refractivity (Wildman–Crippen MR) is 72.1 cm³/mol. The molecule has 20 heavy (non-hydrogen) atoms. The van der Waals surface area contributed by atoms with Crippen molar-refractivity contribution in [2.75, 3.05) is 13.2 Å². The highest BCUT2D eigenvalue weighted by Crippen LogP contribution is 2.44. The van der Waals surface area contributed by atoms with Crippen LogP contribution in [0.25, 0.3) is 0 Å². The molecule has 2 rings (SSSR count). The molecule has 1 aromatic carbocycles. The zero-order chi connectivity index (χ0) is 15.0. The molecule has 0 unspecified atom stereocenters. The van der Waals surface area contributed by atoms with E-state index < -0.39 is 16.0 Å². The number of benzene rings is 1. The van der Waals surface area contributed by atoms with Crippen LogP contribution in [-0.4, -0.2) is 37.8 Å². The first-order chi connectivity index (χ1) is 9.30. The summed E-state index contributed by atoms with van der Waals surface area (Å²) >= 11 is 0. The number of carbonyl (C=O) groups is 1. The van der Waals surface area contributed by atoms with Gasteiger partial charge in [0.15, 0.2) is 0 Å². The fraction of sp³-hybridized carbons (Fsp3) is 0.462. The second-order valence-electron chi connectivity index (χ2n) is 5.27. The van der Waals surface area contributed by atoms with E-state index in [-0.39, 0.29) is 29.0 Å². The van der Waals surface area contributed by atoms with Gasteiger partial charge in [0.05, 0.1) is 10.5 Å². The summed E-state index contributed by atoms with van der Waals surface area (Å²) in [5, 5.41) is 18.1. The van der Waals surface area contributed by atoms with Crippen molar-refractivity contribution in [3.05, 3.63) is 29.3 Å². The average Bonchev–Trinajstić information content (AvgIpc) is 3.17. The molecule has 1 fully saturated rings. The molecule has 1 aromatic rings. The van der Waals surface area contributed by atoms with Crippen LogP contribution >= 0.6 is 0 Å². The molecule has 0 saturated heterocycles. The minimum absolute atomic E-state index is 0.0360. The molecule has 0 amide bonds. The Kier molecular flexibility index (Phi) is 3.86. The molecule has 0 spiro atoms. The molecule has 0 bridgehead atoms. The maximum Gasteiger partial charge on any atom is 0.335 e. The molecule has 1 saturated carbocycles. The van der Waals surface area contributed by atoms with E-state index in [4.69, 9.17) is 5.11 Å². The van der Waals surface area contributed by atoms with Crippen molar-refractivity contribution in [2.45, 2.75) is 24.7 Å². The molecule has 3 N–H and O–H groups in total. The van der Waals surface area contributed by atoms with Crippen molar-refractivity contribution < 1.29 is 23.4 Å². The fourth-order valence-electron chi connectivity index (χ4n) is 1.92. The first-order valence-electron chi connectivity index (χ1n) is 6.24. The molecule has 0 radical (unpaired) electrons. The van der Waals surface area contributed by atoms with Gasteiger partial charge in [-0.3, -0.25) is 0 Å². The Bertz CT molecular complexity index is 634. The van der Waals surface area contributed by atoms with Gasteiger partial charge in [0.2, 0.25) is 10.0 Å². The van der Waals surface area contributed by atoms with Crippen molar-refractivity contribution in [1.29, 1.82) is 0 Å². The summed E-state index contributed by atoms with van der Waals surface area (Å²) in [6.45, 7) is 1.73. The van der Waals surface area contributed by atoms with Crippen LogP contribution in [0.4, 0.5) is 0 Å². The molecule has 0 atom stereocenters. The number of nitrogens with one attached hydrogen (secondary N) is 1.